The zero-order valence-corrected chi connectivity index (χ0v) is 22.6. The van der Waals surface area contributed by atoms with Gasteiger partial charge in [0.15, 0.2) is 5.82 Å². The molecule has 0 aliphatic carbocycles. The van der Waals surface area contributed by atoms with Crippen molar-refractivity contribution < 1.29 is 4.42 Å². The Morgan fingerprint density at radius 1 is 1.03 bits per heavy atom. The van der Waals surface area contributed by atoms with E-state index < -0.39 is 6.04 Å². The minimum atomic E-state index is -0.532. The fourth-order valence-corrected chi connectivity index (χ4v) is 4.80. The molecule has 38 heavy (non-hydrogen) atoms. The molecule has 0 spiro atoms. The largest absolute Gasteiger partial charge is 0.468 e. The summed E-state index contributed by atoms with van der Waals surface area (Å²) >= 11 is 0. The van der Waals surface area contributed by atoms with Crippen molar-refractivity contribution in [1.29, 1.82) is 0 Å². The summed E-state index contributed by atoms with van der Waals surface area (Å²) in [6.45, 7) is 11.5. The Hall–Kier alpha value is -4.04. The topological polar surface area (TPSA) is 92.8 Å². The van der Waals surface area contributed by atoms with Crippen molar-refractivity contribution in [2.24, 2.45) is 0 Å². The average Bonchev–Trinajstić information content (AvgIpc) is 3.59. The Balaban J connectivity index is 1.74. The summed E-state index contributed by atoms with van der Waals surface area (Å²) in [5.74, 6) is 1.41. The molecule has 0 aliphatic heterocycles. The van der Waals surface area contributed by atoms with E-state index in [0.717, 1.165) is 34.2 Å². The molecule has 1 N–H and O–H groups in total. The zero-order valence-electron chi connectivity index (χ0n) is 22.6. The predicted molar refractivity (Wildman–Crippen MR) is 148 cm³/mol. The van der Waals surface area contributed by atoms with Crippen LogP contribution in [0.2, 0.25) is 0 Å². The second-order valence-electron chi connectivity index (χ2n) is 10.6. The van der Waals surface area contributed by atoms with Gasteiger partial charge in [0.1, 0.15) is 11.8 Å². The number of aryl methyl sites for hydroxylation is 2. The van der Waals surface area contributed by atoms with E-state index in [1.165, 1.54) is 5.56 Å². The minimum absolute atomic E-state index is 0.160. The molecule has 0 radical (unpaired) electrons. The van der Waals surface area contributed by atoms with Crippen LogP contribution < -0.4 is 5.56 Å². The second kappa shape index (κ2) is 10.4. The predicted octanol–water partition coefficient (Wildman–Crippen LogP) is 5.66. The molecule has 5 rings (SSSR count). The number of hydrogen-bond acceptors (Lipinski definition) is 6. The number of tetrazole rings is 1. The van der Waals surface area contributed by atoms with Crippen LogP contribution in [0.3, 0.4) is 0 Å². The van der Waals surface area contributed by atoms with Crippen LogP contribution in [-0.2, 0) is 18.6 Å². The van der Waals surface area contributed by atoms with Crippen LogP contribution >= 0.6 is 0 Å². The van der Waals surface area contributed by atoms with Crippen molar-refractivity contribution in [3.05, 3.63) is 111 Å². The summed E-state index contributed by atoms with van der Waals surface area (Å²) < 4.78 is 7.63. The number of aromatic nitrogens is 5. The van der Waals surface area contributed by atoms with Crippen LogP contribution in [-0.4, -0.2) is 30.1 Å². The number of rotatable bonds is 9. The number of hydrogen-bond donors (Lipinski definition) is 1. The van der Waals surface area contributed by atoms with Crippen LogP contribution in [0, 0.1) is 13.8 Å². The van der Waals surface area contributed by atoms with Crippen molar-refractivity contribution in [2.75, 3.05) is 0 Å². The summed E-state index contributed by atoms with van der Waals surface area (Å²) in [5, 5.41) is 14.0. The van der Waals surface area contributed by atoms with Gasteiger partial charge in [-0.05, 0) is 97.0 Å². The summed E-state index contributed by atoms with van der Waals surface area (Å²) in [5.41, 5.74) is 4.31. The van der Waals surface area contributed by atoms with Crippen LogP contribution in [0.4, 0.5) is 0 Å². The first-order valence-electron chi connectivity index (χ1n) is 13.0. The van der Waals surface area contributed by atoms with Crippen LogP contribution in [0.1, 0.15) is 67.1 Å². The van der Waals surface area contributed by atoms with Gasteiger partial charge in [0.25, 0.3) is 5.56 Å². The standard InChI is InChI=1S/C30H34N6O2/c1-6-30(4,5)36-28(32-33-34-36)27(25-17-23-15-20(2)21(3)16-26(23)31-29(25)37)35(19-24-13-10-14-38-24)18-22-11-8-7-9-12-22/h7-17,27H,6,18-19H2,1-5H3,(H,31,37)/t27-/m1/s1. The summed E-state index contributed by atoms with van der Waals surface area (Å²) in [4.78, 5) is 19.1. The van der Waals surface area contributed by atoms with Crippen LogP contribution in [0.25, 0.3) is 10.9 Å². The van der Waals surface area contributed by atoms with E-state index in [4.69, 9.17) is 4.42 Å². The maximum Gasteiger partial charge on any atom is 0.253 e. The quantitative estimate of drug-likeness (QED) is 0.275. The highest BCUT2D eigenvalue weighted by atomic mass is 16.3. The number of benzene rings is 2. The molecular weight excluding hydrogens is 476 g/mol. The van der Waals surface area contributed by atoms with E-state index in [9.17, 15) is 4.79 Å². The fraction of sp³-hybridized carbons (Fsp3) is 0.333. The molecule has 0 bridgehead atoms. The van der Waals surface area contributed by atoms with Gasteiger partial charge in [-0.3, -0.25) is 9.69 Å². The molecule has 3 aromatic heterocycles. The van der Waals surface area contributed by atoms with E-state index >= 15 is 0 Å². The average molecular weight is 511 g/mol. The maximum absolute atomic E-state index is 13.8. The first kappa shape index (κ1) is 25.6. The van der Waals surface area contributed by atoms with Crippen LogP contribution in [0.15, 0.2) is 76.1 Å². The lowest BCUT2D eigenvalue weighted by molar-refractivity contribution is 0.168. The summed E-state index contributed by atoms with van der Waals surface area (Å²) in [6, 6.07) is 19.6. The fourth-order valence-electron chi connectivity index (χ4n) is 4.80. The van der Waals surface area contributed by atoms with Gasteiger partial charge in [0.05, 0.1) is 18.3 Å². The number of nitrogens with zero attached hydrogens (tertiary/aromatic N) is 5. The second-order valence-corrected chi connectivity index (χ2v) is 10.6. The molecule has 196 valence electrons. The van der Waals surface area contributed by atoms with E-state index in [1.54, 1.807) is 6.26 Å². The van der Waals surface area contributed by atoms with Crippen molar-refractivity contribution in [3.8, 4) is 0 Å². The Bertz CT molecular complexity index is 1580. The Kier molecular flexibility index (Phi) is 6.99. The van der Waals surface area contributed by atoms with Crippen molar-refractivity contribution in [1.82, 2.24) is 30.1 Å². The molecule has 0 amide bonds. The van der Waals surface area contributed by atoms with E-state index in [-0.39, 0.29) is 11.1 Å². The third kappa shape index (κ3) is 5.04. The molecule has 0 fully saturated rings. The highest BCUT2D eigenvalue weighted by Gasteiger charge is 2.35. The molecule has 1 atom stereocenters. The van der Waals surface area contributed by atoms with Gasteiger partial charge in [-0.15, -0.1) is 5.10 Å². The van der Waals surface area contributed by atoms with Gasteiger partial charge in [0, 0.05) is 17.6 Å². The SMILES string of the molecule is CCC(C)(C)n1nnnc1[C@@H](c1cc2cc(C)c(C)cc2[nH]c1=O)N(Cc1ccccc1)Cc1ccco1. The van der Waals surface area contributed by atoms with Crippen molar-refractivity contribution in [2.45, 2.75) is 65.7 Å². The van der Waals surface area contributed by atoms with Gasteiger partial charge in [-0.1, -0.05) is 37.3 Å². The molecule has 2 aromatic carbocycles. The number of H-pyrrole nitrogens is 1. The molecule has 8 heteroatoms. The van der Waals surface area contributed by atoms with Gasteiger partial charge in [-0.25, -0.2) is 4.68 Å². The maximum atomic E-state index is 13.8. The first-order chi connectivity index (χ1) is 18.3. The normalized spacial score (nSPS) is 12.9. The number of pyridine rings is 1. The Morgan fingerprint density at radius 2 is 1.79 bits per heavy atom. The molecular formula is C30H34N6O2. The number of furan rings is 1. The third-order valence-electron chi connectivity index (χ3n) is 7.49. The highest BCUT2D eigenvalue weighted by Crippen LogP contribution is 2.33. The lowest BCUT2D eigenvalue weighted by atomic mass is 9.98. The van der Waals surface area contributed by atoms with Gasteiger partial charge in [0.2, 0.25) is 0 Å². The van der Waals surface area contributed by atoms with E-state index in [2.05, 4.69) is 78.2 Å². The minimum Gasteiger partial charge on any atom is -0.468 e. The molecule has 0 aliphatic rings. The third-order valence-corrected chi connectivity index (χ3v) is 7.49. The molecule has 0 saturated carbocycles. The molecule has 3 heterocycles. The lowest BCUT2D eigenvalue weighted by Gasteiger charge is -2.33. The smallest absolute Gasteiger partial charge is 0.253 e. The Labute approximate surface area is 222 Å². The van der Waals surface area contributed by atoms with Gasteiger partial charge in [-0.2, -0.15) is 0 Å². The molecule has 0 saturated heterocycles. The summed E-state index contributed by atoms with van der Waals surface area (Å²) in [7, 11) is 0. The molecule has 0 unspecified atom stereocenters. The molecule has 8 nitrogen and oxygen atoms in total. The molecule has 5 aromatic rings. The lowest BCUT2D eigenvalue weighted by Crippen LogP contribution is -2.38. The Morgan fingerprint density at radius 3 is 2.50 bits per heavy atom. The monoisotopic (exact) mass is 510 g/mol. The van der Waals surface area contributed by atoms with Gasteiger partial charge >= 0.3 is 0 Å². The van der Waals surface area contributed by atoms with Gasteiger partial charge < -0.3 is 9.40 Å². The number of nitrogens with one attached hydrogen (secondary N) is 1. The van der Waals surface area contributed by atoms with E-state index in [0.29, 0.717) is 24.5 Å². The van der Waals surface area contributed by atoms with Crippen molar-refractivity contribution in [3.63, 3.8) is 0 Å². The number of fused-ring (bicyclic) bond motifs is 1. The highest BCUT2D eigenvalue weighted by molar-refractivity contribution is 5.81. The number of aromatic amines is 1. The first-order valence-corrected chi connectivity index (χ1v) is 13.0. The van der Waals surface area contributed by atoms with Crippen molar-refractivity contribution >= 4 is 10.9 Å². The van der Waals surface area contributed by atoms with Crippen LogP contribution in [0.5, 0.6) is 0 Å². The zero-order chi connectivity index (χ0) is 26.9. The van der Waals surface area contributed by atoms with E-state index in [1.807, 2.05) is 47.1 Å². The summed E-state index contributed by atoms with van der Waals surface area (Å²) in [6.07, 6.45) is 2.49.